The minimum atomic E-state index is 0.667. The summed E-state index contributed by atoms with van der Waals surface area (Å²) in [5, 5.41) is 10.6. The van der Waals surface area contributed by atoms with E-state index >= 15 is 0 Å². The molecule has 0 aliphatic carbocycles. The maximum atomic E-state index is 6.77. The van der Waals surface area contributed by atoms with Crippen molar-refractivity contribution in [2.24, 2.45) is 5.10 Å². The molecule has 0 radical (unpaired) electrons. The first-order chi connectivity index (χ1) is 9.13. The monoisotopic (exact) mass is 326 g/mol. The number of hydrogen-bond donors (Lipinski definition) is 2. The van der Waals surface area contributed by atoms with E-state index in [0.29, 0.717) is 10.4 Å². The molecule has 104 valence electrons. The zero-order valence-corrected chi connectivity index (χ0v) is 12.9. The van der Waals surface area contributed by atoms with Crippen molar-refractivity contribution in [2.75, 3.05) is 13.7 Å². The molecular formula is C13H19BrN4O. The molecule has 2 N–H and O–H groups in total. The van der Waals surface area contributed by atoms with Crippen LogP contribution in [0, 0.1) is 12.3 Å². The second-order valence-electron chi connectivity index (χ2n) is 3.36. The van der Waals surface area contributed by atoms with E-state index in [4.69, 9.17) is 10.1 Å². The van der Waals surface area contributed by atoms with Crippen molar-refractivity contribution in [1.29, 1.82) is 5.41 Å². The number of aromatic nitrogens is 1. The quantitative estimate of drug-likeness (QED) is 0.645. The Balaban J connectivity index is 0.000000342. The molecule has 0 unspecified atom stereocenters. The third-order valence-electron chi connectivity index (χ3n) is 1.79. The van der Waals surface area contributed by atoms with Crippen LogP contribution in [0.2, 0.25) is 0 Å². The van der Waals surface area contributed by atoms with Gasteiger partial charge in [-0.1, -0.05) is 6.07 Å². The van der Waals surface area contributed by atoms with Gasteiger partial charge in [0.2, 0.25) is 5.88 Å². The van der Waals surface area contributed by atoms with E-state index in [9.17, 15) is 0 Å². The summed E-state index contributed by atoms with van der Waals surface area (Å²) in [6.07, 6.45) is 6.27. The van der Waals surface area contributed by atoms with Crippen molar-refractivity contribution in [3.05, 3.63) is 34.5 Å². The SMILES string of the molecule is CCN/N=C/C=C(/Br)C=N.COc1ccc(C)cn1. The molecule has 1 heterocycles. The van der Waals surface area contributed by atoms with Gasteiger partial charge in [0.15, 0.2) is 0 Å². The molecule has 0 atom stereocenters. The van der Waals surface area contributed by atoms with Crippen LogP contribution in [0.5, 0.6) is 5.88 Å². The molecule has 0 amide bonds. The van der Waals surface area contributed by atoms with Crippen LogP contribution in [0.15, 0.2) is 34.0 Å². The molecule has 6 heteroatoms. The zero-order valence-electron chi connectivity index (χ0n) is 11.4. The lowest BCUT2D eigenvalue weighted by atomic mass is 10.3. The number of nitrogens with zero attached hydrogens (tertiary/aromatic N) is 2. The second kappa shape index (κ2) is 11.4. The summed E-state index contributed by atoms with van der Waals surface area (Å²) >= 11 is 3.13. The van der Waals surface area contributed by atoms with Gasteiger partial charge in [-0.05, 0) is 41.4 Å². The summed E-state index contributed by atoms with van der Waals surface area (Å²) in [7, 11) is 1.61. The Morgan fingerprint density at radius 2 is 2.32 bits per heavy atom. The van der Waals surface area contributed by atoms with Gasteiger partial charge in [-0.2, -0.15) is 5.10 Å². The highest BCUT2D eigenvalue weighted by atomic mass is 79.9. The number of hydrazone groups is 1. The molecular weight excluding hydrogens is 308 g/mol. The first-order valence-corrected chi connectivity index (χ1v) is 6.52. The zero-order chi connectivity index (χ0) is 14.5. The fourth-order valence-corrected chi connectivity index (χ4v) is 0.994. The van der Waals surface area contributed by atoms with E-state index < -0.39 is 0 Å². The number of allylic oxidation sites excluding steroid dienone is 2. The van der Waals surface area contributed by atoms with E-state index in [-0.39, 0.29) is 0 Å². The predicted octanol–water partition coefficient (Wildman–Crippen LogP) is 2.91. The van der Waals surface area contributed by atoms with E-state index in [2.05, 4.69) is 31.4 Å². The van der Waals surface area contributed by atoms with Crippen molar-refractivity contribution in [1.82, 2.24) is 10.4 Å². The third-order valence-corrected chi connectivity index (χ3v) is 2.28. The summed E-state index contributed by atoms with van der Waals surface area (Å²) in [6.45, 7) is 4.77. The van der Waals surface area contributed by atoms with E-state index in [1.54, 1.807) is 25.6 Å². The summed E-state index contributed by atoms with van der Waals surface area (Å²) < 4.78 is 5.56. The fraction of sp³-hybridized carbons (Fsp3) is 0.308. The largest absolute Gasteiger partial charge is 0.481 e. The van der Waals surface area contributed by atoms with Crippen LogP contribution >= 0.6 is 15.9 Å². The second-order valence-corrected chi connectivity index (χ2v) is 4.28. The highest BCUT2D eigenvalue weighted by Gasteiger charge is 1.87. The maximum Gasteiger partial charge on any atom is 0.212 e. The minimum Gasteiger partial charge on any atom is -0.481 e. The number of nitrogens with one attached hydrogen (secondary N) is 2. The standard InChI is InChI=1S/C7H9NO.C6H10BrN3/c1-6-3-4-7(9-2)8-5-6;1-2-9-10-4-3-6(7)5-8/h3-5H,1-2H3;3-5,8-9H,2H2,1H3/b;6-3+,8-5?,10-4+. The number of halogens is 1. The molecule has 0 aliphatic rings. The third kappa shape index (κ3) is 9.96. The van der Waals surface area contributed by atoms with Gasteiger partial charge in [-0.25, -0.2) is 4.98 Å². The number of rotatable bonds is 5. The van der Waals surface area contributed by atoms with Crippen LogP contribution in [0.1, 0.15) is 12.5 Å². The lowest BCUT2D eigenvalue weighted by Crippen LogP contribution is -2.02. The molecule has 1 aromatic heterocycles. The van der Waals surface area contributed by atoms with Crippen molar-refractivity contribution in [2.45, 2.75) is 13.8 Å². The van der Waals surface area contributed by atoms with Gasteiger partial charge < -0.3 is 15.6 Å². The van der Waals surface area contributed by atoms with Crippen molar-refractivity contribution in [3.8, 4) is 5.88 Å². The molecule has 19 heavy (non-hydrogen) atoms. The van der Waals surface area contributed by atoms with Crippen LogP contribution in [0.4, 0.5) is 0 Å². The smallest absolute Gasteiger partial charge is 0.212 e. The Bertz CT molecular complexity index is 415. The predicted molar refractivity (Wildman–Crippen MR) is 83.5 cm³/mol. The average Bonchev–Trinajstić information content (AvgIpc) is 2.45. The van der Waals surface area contributed by atoms with Crippen LogP contribution in [0.25, 0.3) is 0 Å². The topological polar surface area (TPSA) is 70.4 Å². The van der Waals surface area contributed by atoms with Crippen molar-refractivity contribution in [3.63, 3.8) is 0 Å². The van der Waals surface area contributed by atoms with Crippen LogP contribution in [-0.4, -0.2) is 31.1 Å². The van der Waals surface area contributed by atoms with E-state index in [0.717, 1.165) is 12.1 Å². The molecule has 0 spiro atoms. The van der Waals surface area contributed by atoms with Gasteiger partial charge in [0.1, 0.15) is 0 Å². The van der Waals surface area contributed by atoms with Gasteiger partial charge in [0, 0.05) is 35.7 Å². The average molecular weight is 327 g/mol. The van der Waals surface area contributed by atoms with Gasteiger partial charge in [0.05, 0.1) is 7.11 Å². The lowest BCUT2D eigenvalue weighted by molar-refractivity contribution is 0.397. The van der Waals surface area contributed by atoms with E-state index in [1.807, 2.05) is 26.0 Å². The van der Waals surface area contributed by atoms with Gasteiger partial charge >= 0.3 is 0 Å². The molecule has 0 fully saturated rings. The van der Waals surface area contributed by atoms with Crippen molar-refractivity contribution >= 4 is 28.4 Å². The van der Waals surface area contributed by atoms with Gasteiger partial charge in [-0.15, -0.1) is 0 Å². The van der Waals surface area contributed by atoms with Crippen molar-refractivity contribution < 1.29 is 4.74 Å². The highest BCUT2D eigenvalue weighted by Crippen LogP contribution is 2.04. The maximum absolute atomic E-state index is 6.77. The van der Waals surface area contributed by atoms with E-state index in [1.165, 1.54) is 6.21 Å². The molecule has 0 aliphatic heterocycles. The first kappa shape index (κ1) is 17.3. The summed E-state index contributed by atoms with van der Waals surface area (Å²) in [5.41, 5.74) is 3.91. The van der Waals surface area contributed by atoms with Crippen LogP contribution in [-0.2, 0) is 0 Å². The summed E-state index contributed by atoms with van der Waals surface area (Å²) in [6, 6.07) is 3.81. The number of aryl methyl sites for hydroxylation is 1. The molecule has 5 nitrogen and oxygen atoms in total. The Kier molecular flexibility index (Phi) is 10.4. The minimum absolute atomic E-state index is 0.667. The van der Waals surface area contributed by atoms with Crippen LogP contribution < -0.4 is 10.2 Å². The molecule has 1 rings (SSSR count). The molecule has 0 aromatic carbocycles. The number of ether oxygens (including phenoxy) is 1. The fourth-order valence-electron chi connectivity index (χ4n) is 0.876. The summed E-state index contributed by atoms with van der Waals surface area (Å²) in [4.78, 5) is 3.97. The Hall–Kier alpha value is -1.69. The number of hydrogen-bond acceptors (Lipinski definition) is 5. The Labute approximate surface area is 122 Å². The molecule has 0 saturated carbocycles. The Morgan fingerprint density at radius 1 is 1.58 bits per heavy atom. The summed E-state index contributed by atoms with van der Waals surface area (Å²) in [5.74, 6) is 0.667. The van der Waals surface area contributed by atoms with Gasteiger partial charge in [-0.3, -0.25) is 0 Å². The van der Waals surface area contributed by atoms with Crippen LogP contribution in [0.3, 0.4) is 0 Å². The molecule has 0 saturated heterocycles. The normalized spacial score (nSPS) is 10.6. The number of methoxy groups -OCH3 is 1. The Morgan fingerprint density at radius 3 is 2.79 bits per heavy atom. The highest BCUT2D eigenvalue weighted by molar-refractivity contribution is 9.12. The number of pyridine rings is 1. The molecule has 1 aromatic rings. The molecule has 0 bridgehead atoms. The van der Waals surface area contributed by atoms with Gasteiger partial charge in [0.25, 0.3) is 0 Å². The first-order valence-electron chi connectivity index (χ1n) is 5.72. The lowest BCUT2D eigenvalue weighted by Gasteiger charge is -1.95.